The van der Waals surface area contributed by atoms with Crippen molar-refractivity contribution in [3.8, 4) is 17.2 Å². The maximum atomic E-state index is 16.1. The number of phenolic OH excluding ortho intramolecular Hbond substituents is 2. The molecule has 0 aliphatic carbocycles. The van der Waals surface area contributed by atoms with Crippen LogP contribution in [-0.2, 0) is 9.59 Å². The molecule has 3 fully saturated rings. The Hall–Kier alpha value is -5.83. The molecule has 1 atom stereocenters. The minimum Gasteiger partial charge on any atom is -0.508 e. The summed E-state index contributed by atoms with van der Waals surface area (Å²) < 4.78 is 110. The highest BCUT2D eigenvalue weighted by Gasteiger charge is 2.47. The van der Waals surface area contributed by atoms with Crippen LogP contribution < -0.4 is 15.0 Å². The molecule has 4 aliphatic rings. The second-order valence-electron chi connectivity index (χ2n) is 15.3. The van der Waals surface area contributed by atoms with Gasteiger partial charge in [0, 0.05) is 56.9 Å². The Kier molecular flexibility index (Phi) is 10.2. The Morgan fingerprint density at radius 1 is 0.790 bits per heavy atom. The number of rotatable bonds is 13. The second kappa shape index (κ2) is 18.6. The average molecular weight is 876 g/mol. The van der Waals surface area contributed by atoms with Crippen molar-refractivity contribution in [1.29, 1.82) is 0 Å². The molecular weight excluding hydrogens is 820 g/mol. The number of nitrogens with one attached hydrogen (secondary N) is 1. The number of carbonyl (C=O) groups is 4. The molecule has 324 valence electrons. The van der Waals surface area contributed by atoms with Crippen molar-refractivity contribution in [2.24, 2.45) is 5.92 Å². The summed E-state index contributed by atoms with van der Waals surface area (Å²) >= 11 is 6.28. The minimum absolute atomic E-state index is 0.117. The molecule has 8 rings (SSSR count). The molecule has 0 saturated carbocycles. The molecule has 4 aliphatic heterocycles. The zero-order valence-electron chi connectivity index (χ0n) is 41.3. The van der Waals surface area contributed by atoms with Gasteiger partial charge in [0.2, 0.25) is 11.8 Å². The van der Waals surface area contributed by atoms with Gasteiger partial charge in [0.15, 0.2) is 11.6 Å². The van der Waals surface area contributed by atoms with Gasteiger partial charge >= 0.3 is 0 Å². The second-order valence-corrected chi connectivity index (χ2v) is 15.7. The smallest absolute Gasteiger partial charge is 0.265 e. The summed E-state index contributed by atoms with van der Waals surface area (Å²) in [5.41, 5.74) is 1.02. The molecule has 4 aromatic rings. The summed E-state index contributed by atoms with van der Waals surface area (Å²) in [6, 6.07) is 20.1. The molecule has 15 heteroatoms. The predicted octanol–water partition coefficient (Wildman–Crippen LogP) is 6.28. The van der Waals surface area contributed by atoms with Gasteiger partial charge in [-0.1, -0.05) is 36.4 Å². The van der Waals surface area contributed by atoms with Gasteiger partial charge in [0.05, 0.1) is 22.3 Å². The molecule has 4 amide bonds. The monoisotopic (exact) mass is 875 g/mol. The number of hydrogen-bond donors (Lipinski definition) is 3. The van der Waals surface area contributed by atoms with Crippen molar-refractivity contribution < 1.29 is 53.9 Å². The molecule has 0 spiro atoms. The first-order valence-corrected chi connectivity index (χ1v) is 20.7. The average Bonchev–Trinajstić information content (AvgIpc) is 3.55. The highest BCUT2D eigenvalue weighted by atomic mass is 35.5. The molecule has 1 unspecified atom stereocenters. The van der Waals surface area contributed by atoms with Crippen LogP contribution in [0.4, 0.5) is 14.5 Å². The van der Waals surface area contributed by atoms with E-state index in [1.165, 1.54) is 0 Å². The number of allylic oxidation sites excluding steroid dienone is 1. The lowest BCUT2D eigenvalue weighted by Crippen LogP contribution is -2.54. The van der Waals surface area contributed by atoms with Gasteiger partial charge in [-0.25, -0.2) is 8.78 Å². The van der Waals surface area contributed by atoms with E-state index >= 15 is 8.78 Å². The lowest BCUT2D eigenvalue weighted by molar-refractivity contribution is -0.136. The number of phenols is 2. The quantitative estimate of drug-likeness (QED) is 0.0799. The van der Waals surface area contributed by atoms with E-state index in [1.54, 1.807) is 24.3 Å². The van der Waals surface area contributed by atoms with Crippen molar-refractivity contribution in [2.45, 2.75) is 38.1 Å². The standard InChI is InChI=1S/C47H48ClF2N5O7/c48-18-15-36(30-1-7-33(56)8-2-30)41(31-3-9-34(57)10-4-31)32-5-11-35(12-6-32)62-26-25-52-19-16-29(17-20-52)28-53-21-23-54(24-22-53)39-27-37-42(44(50)43(39)49)47(61)55(46(37)60)38-13-14-40(58)51-45(38)59/h1-12,27,29,38,56-57H,13-26,28H2,(H,51,58,59)/i21D2,22D2,23D2,24D2. The van der Waals surface area contributed by atoms with Crippen LogP contribution in [0.5, 0.6) is 17.2 Å². The van der Waals surface area contributed by atoms with E-state index in [0.29, 0.717) is 66.4 Å². The van der Waals surface area contributed by atoms with Crippen LogP contribution in [0.2, 0.25) is 0 Å². The number of hydrogen-bond acceptors (Lipinski definition) is 10. The van der Waals surface area contributed by atoms with Crippen LogP contribution in [0.25, 0.3) is 11.1 Å². The largest absolute Gasteiger partial charge is 0.508 e. The van der Waals surface area contributed by atoms with Crippen molar-refractivity contribution in [3.63, 3.8) is 0 Å². The molecule has 4 heterocycles. The van der Waals surface area contributed by atoms with E-state index in [2.05, 4.69) is 4.90 Å². The van der Waals surface area contributed by atoms with Crippen LogP contribution in [0, 0.1) is 17.6 Å². The van der Waals surface area contributed by atoms with Gasteiger partial charge in [-0.3, -0.25) is 39.2 Å². The topological polar surface area (TPSA) is 143 Å². The number of amides is 4. The number of nitrogens with zero attached hydrogens (tertiary/aromatic N) is 4. The van der Waals surface area contributed by atoms with Crippen molar-refractivity contribution in [3.05, 3.63) is 118 Å². The fourth-order valence-electron chi connectivity index (χ4n) is 8.17. The first kappa shape index (κ1) is 33.8. The Balaban J connectivity index is 0.929. The van der Waals surface area contributed by atoms with E-state index in [-0.39, 0.29) is 35.8 Å². The molecular formula is C47H48ClF2N5O7. The van der Waals surface area contributed by atoms with E-state index < -0.39 is 96.6 Å². The van der Waals surface area contributed by atoms with Gasteiger partial charge in [-0.2, -0.15) is 0 Å². The van der Waals surface area contributed by atoms with Crippen molar-refractivity contribution in [1.82, 2.24) is 20.0 Å². The first-order chi connectivity index (χ1) is 33.0. The summed E-state index contributed by atoms with van der Waals surface area (Å²) in [5, 5.41) is 21.9. The van der Waals surface area contributed by atoms with Crippen molar-refractivity contribution >= 4 is 52.1 Å². The summed E-state index contributed by atoms with van der Waals surface area (Å²) in [6.07, 6.45) is 0.685. The molecule has 0 aromatic heterocycles. The maximum absolute atomic E-state index is 16.1. The Morgan fingerprint density at radius 2 is 1.40 bits per heavy atom. The van der Waals surface area contributed by atoms with Crippen LogP contribution in [0.15, 0.2) is 78.9 Å². The molecule has 62 heavy (non-hydrogen) atoms. The number of piperidine rings is 2. The number of aromatic hydroxyl groups is 2. The normalized spacial score (nSPS) is 24.6. The van der Waals surface area contributed by atoms with Gasteiger partial charge in [0.1, 0.15) is 29.9 Å². The molecule has 3 N–H and O–H groups in total. The van der Waals surface area contributed by atoms with Gasteiger partial charge in [0.25, 0.3) is 11.8 Å². The fourth-order valence-corrected chi connectivity index (χ4v) is 8.36. The highest BCUT2D eigenvalue weighted by molar-refractivity contribution is 6.24. The molecule has 0 radical (unpaired) electrons. The van der Waals surface area contributed by atoms with Crippen LogP contribution in [-0.4, -0.2) is 119 Å². The number of likely N-dealkylation sites (tertiary alicyclic amines) is 1. The maximum Gasteiger partial charge on any atom is 0.265 e. The Labute approximate surface area is 374 Å². The lowest BCUT2D eigenvalue weighted by atomic mass is 9.88. The number of piperazine rings is 1. The predicted molar refractivity (Wildman–Crippen MR) is 230 cm³/mol. The van der Waals surface area contributed by atoms with Crippen LogP contribution in [0.1, 0.15) is 80.5 Å². The number of anilines is 1. The van der Waals surface area contributed by atoms with Crippen molar-refractivity contribution in [2.75, 3.05) is 69.6 Å². The summed E-state index contributed by atoms with van der Waals surface area (Å²) in [7, 11) is 0. The SMILES string of the molecule is [2H]C1([2H])N(CC2CCN(CCOc3ccc(C(=C(CCCl)c4ccc(O)cc4)c4ccc(O)cc4)cc3)CC2)C([2H])([2H])C([2H])([2H])N(c2cc3c(c(F)c2F)C(=O)N(C2CCC(=O)NC2=O)C3=O)C1([2H])[2H]. The summed E-state index contributed by atoms with van der Waals surface area (Å²) in [4.78, 5) is 53.7. The van der Waals surface area contributed by atoms with Gasteiger partial charge < -0.3 is 19.8 Å². The molecule has 12 nitrogen and oxygen atoms in total. The fraction of sp³-hybridized carbons (Fsp3) is 0.362. The number of fused-ring (bicyclic) bond motifs is 1. The zero-order valence-corrected chi connectivity index (χ0v) is 34.1. The zero-order chi connectivity index (χ0) is 50.7. The molecule has 3 saturated heterocycles. The number of alkyl halides is 1. The molecule has 0 bridgehead atoms. The van der Waals surface area contributed by atoms with E-state index in [0.717, 1.165) is 27.8 Å². The number of carbonyl (C=O) groups excluding carboxylic acids is 4. The summed E-state index contributed by atoms with van der Waals surface area (Å²) in [6.45, 7) is -12.9. The Bertz CT molecular complexity index is 2720. The minimum atomic E-state index is -3.64. The van der Waals surface area contributed by atoms with Gasteiger partial charge in [-0.15, -0.1) is 11.6 Å². The third-order valence-corrected chi connectivity index (χ3v) is 11.6. The summed E-state index contributed by atoms with van der Waals surface area (Å²) in [5.74, 6) is -7.84. The van der Waals surface area contributed by atoms with E-state index in [9.17, 15) is 29.4 Å². The first-order valence-electron chi connectivity index (χ1n) is 24.2. The highest BCUT2D eigenvalue weighted by Crippen LogP contribution is 2.38. The number of halogens is 3. The molecule has 4 aromatic carbocycles. The Morgan fingerprint density at radius 3 is 2.02 bits per heavy atom. The van der Waals surface area contributed by atoms with E-state index in [1.807, 2.05) is 53.8 Å². The lowest BCUT2D eigenvalue weighted by Gasteiger charge is -2.39. The number of benzene rings is 4. The third-order valence-electron chi connectivity index (χ3n) is 11.4. The number of ether oxygens (including phenoxy) is 1. The van der Waals surface area contributed by atoms with Crippen LogP contribution in [0.3, 0.4) is 0 Å². The van der Waals surface area contributed by atoms with Gasteiger partial charge in [-0.05, 0) is 115 Å². The van der Waals surface area contributed by atoms with Crippen LogP contribution >= 0.6 is 11.6 Å². The third kappa shape index (κ3) is 9.04. The number of imide groups is 2. The van der Waals surface area contributed by atoms with E-state index in [4.69, 9.17) is 27.3 Å².